The monoisotopic (exact) mass is 322 g/mol. The zero-order valence-electron chi connectivity index (χ0n) is 11.5. The number of nitrogens with zero attached hydrogens (tertiary/aromatic N) is 1. The Labute approximate surface area is 126 Å². The maximum absolute atomic E-state index is 12.6. The van der Waals surface area contributed by atoms with Crippen LogP contribution in [0.3, 0.4) is 0 Å². The second kappa shape index (κ2) is 6.85. The van der Waals surface area contributed by atoms with E-state index in [1.54, 1.807) is 6.07 Å². The number of phenolic OH excluding ortho intramolecular Hbond substituents is 1. The lowest BCUT2D eigenvalue weighted by atomic mass is 9.98. The van der Waals surface area contributed by atoms with Gasteiger partial charge in [0.1, 0.15) is 5.75 Å². The van der Waals surface area contributed by atoms with Crippen LogP contribution in [0.2, 0.25) is 5.02 Å². The molecule has 21 heavy (non-hydrogen) atoms. The fourth-order valence-corrected chi connectivity index (χ4v) is 2.80. The second-order valence-corrected chi connectivity index (χ2v) is 5.60. The lowest BCUT2D eigenvalue weighted by Crippen LogP contribution is -2.45. The molecule has 1 aromatic carbocycles. The van der Waals surface area contributed by atoms with Gasteiger partial charge < -0.3 is 10.4 Å². The van der Waals surface area contributed by atoms with Crippen molar-refractivity contribution in [2.45, 2.75) is 25.1 Å². The molecule has 0 aliphatic carbocycles. The molecule has 0 saturated carbocycles. The SMILES string of the molecule is Oc1ccc(Cl)cc1[C@H](CCC(F)(F)F)N1CCNCC1. The van der Waals surface area contributed by atoms with E-state index in [0.717, 1.165) is 13.1 Å². The van der Waals surface area contributed by atoms with Gasteiger partial charge in [-0.15, -0.1) is 0 Å². The molecule has 0 radical (unpaired) electrons. The number of rotatable bonds is 4. The van der Waals surface area contributed by atoms with Crippen molar-refractivity contribution in [1.82, 2.24) is 10.2 Å². The Kier molecular flexibility index (Phi) is 5.35. The van der Waals surface area contributed by atoms with Gasteiger partial charge >= 0.3 is 6.18 Å². The van der Waals surface area contributed by atoms with E-state index in [1.165, 1.54) is 12.1 Å². The van der Waals surface area contributed by atoms with Gasteiger partial charge in [0, 0.05) is 49.2 Å². The summed E-state index contributed by atoms with van der Waals surface area (Å²) in [5, 5.41) is 13.6. The van der Waals surface area contributed by atoms with Crippen LogP contribution in [-0.4, -0.2) is 42.4 Å². The van der Waals surface area contributed by atoms with E-state index in [-0.39, 0.29) is 12.2 Å². The molecule has 1 aromatic rings. The fraction of sp³-hybridized carbons (Fsp3) is 0.571. The van der Waals surface area contributed by atoms with Crippen LogP contribution >= 0.6 is 11.6 Å². The molecule has 0 unspecified atom stereocenters. The smallest absolute Gasteiger partial charge is 0.389 e. The van der Waals surface area contributed by atoms with Crippen molar-refractivity contribution >= 4 is 11.6 Å². The van der Waals surface area contributed by atoms with Crippen LogP contribution in [0, 0.1) is 0 Å². The van der Waals surface area contributed by atoms with Gasteiger partial charge in [-0.25, -0.2) is 0 Å². The quantitative estimate of drug-likeness (QED) is 0.892. The number of alkyl halides is 3. The van der Waals surface area contributed by atoms with Crippen molar-refractivity contribution < 1.29 is 18.3 Å². The molecule has 2 N–H and O–H groups in total. The summed E-state index contributed by atoms with van der Waals surface area (Å²) in [6, 6.07) is 4.03. The first-order valence-corrected chi connectivity index (χ1v) is 7.24. The molecule has 1 fully saturated rings. The molecular formula is C14H18ClF3N2O. The predicted octanol–water partition coefficient (Wildman–Crippen LogP) is 3.33. The Morgan fingerprint density at radius 3 is 2.57 bits per heavy atom. The average Bonchev–Trinajstić information content (AvgIpc) is 2.43. The lowest BCUT2D eigenvalue weighted by molar-refractivity contribution is -0.138. The van der Waals surface area contributed by atoms with E-state index in [1.807, 2.05) is 4.90 Å². The van der Waals surface area contributed by atoms with E-state index in [9.17, 15) is 18.3 Å². The van der Waals surface area contributed by atoms with Crippen LogP contribution in [0.5, 0.6) is 5.75 Å². The topological polar surface area (TPSA) is 35.5 Å². The number of benzene rings is 1. The van der Waals surface area contributed by atoms with Gasteiger partial charge in [0.05, 0.1) is 0 Å². The third-order valence-corrected chi connectivity index (χ3v) is 3.88. The van der Waals surface area contributed by atoms with Crippen LogP contribution in [0.4, 0.5) is 13.2 Å². The minimum Gasteiger partial charge on any atom is -0.508 e. The number of nitrogens with one attached hydrogen (secondary N) is 1. The Bertz CT molecular complexity index is 476. The molecule has 7 heteroatoms. The van der Waals surface area contributed by atoms with E-state index < -0.39 is 18.6 Å². The summed E-state index contributed by atoms with van der Waals surface area (Å²) in [5.74, 6) is -0.00916. The highest BCUT2D eigenvalue weighted by Crippen LogP contribution is 2.36. The van der Waals surface area contributed by atoms with Crippen molar-refractivity contribution in [3.63, 3.8) is 0 Å². The summed E-state index contributed by atoms with van der Waals surface area (Å²) in [6.45, 7) is 2.75. The number of halogens is 4. The van der Waals surface area contributed by atoms with Gasteiger partial charge in [-0.3, -0.25) is 4.90 Å². The van der Waals surface area contributed by atoms with Crippen LogP contribution in [-0.2, 0) is 0 Å². The molecule has 0 bridgehead atoms. The highest BCUT2D eigenvalue weighted by Gasteiger charge is 2.32. The molecule has 2 rings (SSSR count). The molecule has 0 amide bonds. The number of piperazine rings is 1. The Morgan fingerprint density at radius 2 is 1.95 bits per heavy atom. The Morgan fingerprint density at radius 1 is 1.29 bits per heavy atom. The zero-order valence-corrected chi connectivity index (χ0v) is 12.2. The molecule has 1 heterocycles. The predicted molar refractivity (Wildman–Crippen MR) is 75.6 cm³/mol. The number of hydrogen-bond donors (Lipinski definition) is 2. The molecule has 1 aliphatic rings. The maximum Gasteiger partial charge on any atom is 0.389 e. The van der Waals surface area contributed by atoms with Crippen LogP contribution < -0.4 is 5.32 Å². The highest BCUT2D eigenvalue weighted by molar-refractivity contribution is 6.30. The van der Waals surface area contributed by atoms with Gasteiger partial charge in [0.15, 0.2) is 0 Å². The molecule has 1 saturated heterocycles. The highest BCUT2D eigenvalue weighted by atomic mass is 35.5. The summed E-state index contributed by atoms with van der Waals surface area (Å²) in [7, 11) is 0. The first kappa shape index (κ1) is 16.4. The van der Waals surface area contributed by atoms with E-state index >= 15 is 0 Å². The molecule has 3 nitrogen and oxygen atoms in total. The fourth-order valence-electron chi connectivity index (χ4n) is 2.62. The van der Waals surface area contributed by atoms with E-state index in [4.69, 9.17) is 11.6 Å². The minimum absolute atomic E-state index is 0.00916. The number of aromatic hydroxyl groups is 1. The molecular weight excluding hydrogens is 305 g/mol. The maximum atomic E-state index is 12.6. The van der Waals surface area contributed by atoms with Gasteiger partial charge in [-0.05, 0) is 24.6 Å². The van der Waals surface area contributed by atoms with Crippen molar-refractivity contribution in [3.8, 4) is 5.75 Å². The molecule has 1 atom stereocenters. The summed E-state index contributed by atoms with van der Waals surface area (Å²) in [6.07, 6.45) is -5.18. The van der Waals surface area contributed by atoms with Crippen molar-refractivity contribution in [3.05, 3.63) is 28.8 Å². The van der Waals surface area contributed by atoms with Crippen molar-refractivity contribution in [1.29, 1.82) is 0 Å². The molecule has 118 valence electrons. The largest absolute Gasteiger partial charge is 0.508 e. The second-order valence-electron chi connectivity index (χ2n) is 5.16. The zero-order chi connectivity index (χ0) is 15.5. The van der Waals surface area contributed by atoms with Crippen LogP contribution in [0.1, 0.15) is 24.4 Å². The first-order valence-electron chi connectivity index (χ1n) is 6.87. The molecule has 1 aliphatic heterocycles. The van der Waals surface area contributed by atoms with E-state index in [0.29, 0.717) is 23.7 Å². The van der Waals surface area contributed by atoms with Gasteiger partial charge in [0.25, 0.3) is 0 Å². The summed E-state index contributed by atoms with van der Waals surface area (Å²) >= 11 is 5.93. The Balaban J connectivity index is 2.23. The van der Waals surface area contributed by atoms with Crippen LogP contribution in [0.15, 0.2) is 18.2 Å². The van der Waals surface area contributed by atoms with E-state index in [2.05, 4.69) is 5.32 Å². The molecule has 0 spiro atoms. The average molecular weight is 323 g/mol. The van der Waals surface area contributed by atoms with Gasteiger partial charge in [0.2, 0.25) is 0 Å². The van der Waals surface area contributed by atoms with Crippen molar-refractivity contribution in [2.75, 3.05) is 26.2 Å². The summed E-state index contributed by atoms with van der Waals surface area (Å²) in [5.41, 5.74) is 0.466. The lowest BCUT2D eigenvalue weighted by Gasteiger charge is -2.35. The molecule has 0 aromatic heterocycles. The van der Waals surface area contributed by atoms with Crippen molar-refractivity contribution in [2.24, 2.45) is 0 Å². The van der Waals surface area contributed by atoms with Crippen LogP contribution in [0.25, 0.3) is 0 Å². The number of hydrogen-bond acceptors (Lipinski definition) is 3. The standard InChI is InChI=1S/C14H18ClF3N2O/c15-10-1-2-13(21)11(9-10)12(3-4-14(16,17)18)20-7-5-19-6-8-20/h1-2,9,12,19,21H,3-8H2/t12-/m0/s1. The Hall–Kier alpha value is -0.980. The number of phenols is 1. The summed E-state index contributed by atoms with van der Waals surface area (Å²) in [4.78, 5) is 1.97. The third-order valence-electron chi connectivity index (χ3n) is 3.64. The third kappa shape index (κ3) is 4.76. The van der Waals surface area contributed by atoms with Gasteiger partial charge in [-0.2, -0.15) is 13.2 Å². The van der Waals surface area contributed by atoms with Gasteiger partial charge in [-0.1, -0.05) is 11.6 Å². The normalized spacial score (nSPS) is 18.7. The minimum atomic E-state index is -4.21. The summed E-state index contributed by atoms with van der Waals surface area (Å²) < 4.78 is 37.7. The first-order chi connectivity index (χ1) is 9.87.